The number of hydrogen-bond donors (Lipinski definition) is 0. The van der Waals surface area contributed by atoms with Crippen molar-refractivity contribution < 1.29 is 14.2 Å². The normalized spacial score (nSPS) is 20.5. The standard InChI is InChI=1S/C18H22N2O3S/c1-6-18(22-8-9-23-18)13-20(7-1)10-15-2-4-17(5-3-15)21-11-16-12-24-14-19-16/h2-5,12,14H,1,6-11,13H2. The van der Waals surface area contributed by atoms with Gasteiger partial charge >= 0.3 is 0 Å². The third-order valence-electron chi connectivity index (χ3n) is 4.51. The third kappa shape index (κ3) is 3.78. The summed E-state index contributed by atoms with van der Waals surface area (Å²) in [6, 6.07) is 8.33. The number of aromatic nitrogens is 1. The average molecular weight is 346 g/mol. The highest BCUT2D eigenvalue weighted by Crippen LogP contribution is 2.30. The summed E-state index contributed by atoms with van der Waals surface area (Å²) in [5.74, 6) is 0.527. The number of benzene rings is 1. The van der Waals surface area contributed by atoms with E-state index >= 15 is 0 Å². The molecule has 0 radical (unpaired) electrons. The number of thiazole rings is 1. The molecule has 0 N–H and O–H groups in total. The molecule has 2 aliphatic heterocycles. The lowest BCUT2D eigenvalue weighted by Crippen LogP contribution is -2.48. The third-order valence-corrected chi connectivity index (χ3v) is 5.15. The van der Waals surface area contributed by atoms with Gasteiger partial charge in [0, 0.05) is 18.3 Å². The van der Waals surface area contributed by atoms with Crippen LogP contribution in [0.5, 0.6) is 5.75 Å². The first-order valence-corrected chi connectivity index (χ1v) is 9.35. The lowest BCUT2D eigenvalue weighted by atomic mass is 10.0. The molecule has 2 fully saturated rings. The molecule has 5 nitrogen and oxygen atoms in total. The molecule has 0 aliphatic carbocycles. The van der Waals surface area contributed by atoms with Crippen LogP contribution in [0, 0.1) is 0 Å². The molecule has 0 bridgehead atoms. The summed E-state index contributed by atoms with van der Waals surface area (Å²) >= 11 is 1.59. The Kier molecular flexibility index (Phi) is 4.80. The largest absolute Gasteiger partial charge is 0.487 e. The lowest BCUT2D eigenvalue weighted by Gasteiger charge is -2.38. The van der Waals surface area contributed by atoms with Gasteiger partial charge in [-0.3, -0.25) is 4.90 Å². The second-order valence-corrected chi connectivity index (χ2v) is 7.05. The second-order valence-electron chi connectivity index (χ2n) is 6.33. The number of ether oxygens (including phenoxy) is 3. The predicted octanol–water partition coefficient (Wildman–Crippen LogP) is 3.06. The Bertz CT molecular complexity index is 639. The SMILES string of the molecule is c1nc(COc2ccc(CN3CCCC4(C3)OCCO4)cc2)cs1. The Morgan fingerprint density at radius 3 is 2.79 bits per heavy atom. The molecule has 0 amide bonds. The van der Waals surface area contributed by atoms with Gasteiger partial charge in [-0.05, 0) is 30.7 Å². The lowest BCUT2D eigenvalue weighted by molar-refractivity contribution is -0.190. The molecule has 3 heterocycles. The molecule has 0 atom stereocenters. The Morgan fingerprint density at radius 2 is 2.04 bits per heavy atom. The summed E-state index contributed by atoms with van der Waals surface area (Å²) in [6.07, 6.45) is 2.13. The fourth-order valence-electron chi connectivity index (χ4n) is 3.35. The molecule has 24 heavy (non-hydrogen) atoms. The molecule has 0 saturated carbocycles. The van der Waals surface area contributed by atoms with E-state index in [0.717, 1.165) is 57.1 Å². The van der Waals surface area contributed by atoms with Crippen molar-refractivity contribution in [1.29, 1.82) is 0 Å². The quantitative estimate of drug-likeness (QED) is 0.832. The zero-order valence-corrected chi connectivity index (χ0v) is 14.5. The van der Waals surface area contributed by atoms with Gasteiger partial charge in [-0.2, -0.15) is 0 Å². The van der Waals surface area contributed by atoms with Crippen LogP contribution in [-0.4, -0.2) is 42.0 Å². The van der Waals surface area contributed by atoms with E-state index in [0.29, 0.717) is 6.61 Å². The molecular formula is C18H22N2O3S. The highest BCUT2D eigenvalue weighted by molar-refractivity contribution is 7.07. The van der Waals surface area contributed by atoms with E-state index in [-0.39, 0.29) is 5.79 Å². The number of rotatable bonds is 5. The van der Waals surface area contributed by atoms with Gasteiger partial charge in [0.15, 0.2) is 5.79 Å². The molecule has 2 aromatic rings. The first-order chi connectivity index (χ1) is 11.8. The van der Waals surface area contributed by atoms with Crippen molar-refractivity contribution in [2.75, 3.05) is 26.3 Å². The van der Waals surface area contributed by atoms with Crippen LogP contribution < -0.4 is 4.74 Å². The van der Waals surface area contributed by atoms with E-state index in [9.17, 15) is 0 Å². The van der Waals surface area contributed by atoms with Crippen molar-refractivity contribution in [1.82, 2.24) is 9.88 Å². The highest BCUT2D eigenvalue weighted by atomic mass is 32.1. The van der Waals surface area contributed by atoms with Crippen LogP contribution in [-0.2, 0) is 22.6 Å². The fraction of sp³-hybridized carbons (Fsp3) is 0.500. The number of hydrogen-bond acceptors (Lipinski definition) is 6. The van der Waals surface area contributed by atoms with Crippen molar-refractivity contribution in [2.24, 2.45) is 0 Å². The predicted molar refractivity (Wildman–Crippen MR) is 92.0 cm³/mol. The molecule has 2 aliphatic rings. The maximum absolute atomic E-state index is 5.85. The molecule has 1 aromatic carbocycles. The van der Waals surface area contributed by atoms with Gasteiger partial charge in [0.2, 0.25) is 0 Å². The molecule has 1 aromatic heterocycles. The van der Waals surface area contributed by atoms with E-state index < -0.39 is 0 Å². The van der Waals surface area contributed by atoms with E-state index in [1.807, 2.05) is 23.0 Å². The molecule has 6 heteroatoms. The smallest absolute Gasteiger partial charge is 0.181 e. The van der Waals surface area contributed by atoms with E-state index in [4.69, 9.17) is 14.2 Å². The van der Waals surface area contributed by atoms with E-state index in [1.54, 1.807) is 11.3 Å². The van der Waals surface area contributed by atoms with Crippen LogP contribution in [0.4, 0.5) is 0 Å². The molecule has 128 valence electrons. The average Bonchev–Trinajstić information content (AvgIpc) is 3.27. The van der Waals surface area contributed by atoms with Crippen molar-refractivity contribution in [3.05, 3.63) is 46.4 Å². The van der Waals surface area contributed by atoms with Gasteiger partial charge in [-0.1, -0.05) is 12.1 Å². The number of nitrogens with zero attached hydrogens (tertiary/aromatic N) is 2. The van der Waals surface area contributed by atoms with Gasteiger partial charge in [-0.25, -0.2) is 4.98 Å². The Balaban J connectivity index is 1.31. The number of piperidine rings is 1. The summed E-state index contributed by atoms with van der Waals surface area (Å²) in [5, 5.41) is 2.01. The van der Waals surface area contributed by atoms with Crippen LogP contribution in [0.15, 0.2) is 35.2 Å². The van der Waals surface area contributed by atoms with Crippen LogP contribution in [0.1, 0.15) is 24.1 Å². The monoisotopic (exact) mass is 346 g/mol. The van der Waals surface area contributed by atoms with Gasteiger partial charge in [0.1, 0.15) is 12.4 Å². The van der Waals surface area contributed by atoms with Gasteiger partial charge in [-0.15, -0.1) is 11.3 Å². The van der Waals surface area contributed by atoms with E-state index in [1.165, 1.54) is 5.56 Å². The summed E-state index contributed by atoms with van der Waals surface area (Å²) in [5.41, 5.74) is 4.08. The Morgan fingerprint density at radius 1 is 1.21 bits per heavy atom. The highest BCUT2D eigenvalue weighted by Gasteiger charge is 2.40. The van der Waals surface area contributed by atoms with Gasteiger partial charge < -0.3 is 14.2 Å². The maximum Gasteiger partial charge on any atom is 0.181 e. The summed E-state index contributed by atoms with van der Waals surface area (Å²) in [4.78, 5) is 6.64. The first kappa shape index (κ1) is 16.0. The van der Waals surface area contributed by atoms with Gasteiger partial charge in [0.25, 0.3) is 0 Å². The summed E-state index contributed by atoms with van der Waals surface area (Å²) in [7, 11) is 0. The van der Waals surface area contributed by atoms with Crippen LogP contribution in [0.25, 0.3) is 0 Å². The summed E-state index contributed by atoms with van der Waals surface area (Å²) < 4.78 is 17.5. The van der Waals surface area contributed by atoms with Gasteiger partial charge in [0.05, 0.1) is 31.0 Å². The first-order valence-electron chi connectivity index (χ1n) is 8.40. The van der Waals surface area contributed by atoms with E-state index in [2.05, 4.69) is 22.0 Å². The zero-order chi connectivity index (χ0) is 16.2. The van der Waals surface area contributed by atoms with Crippen molar-refractivity contribution in [3.8, 4) is 5.75 Å². The maximum atomic E-state index is 5.85. The van der Waals surface area contributed by atoms with Crippen molar-refractivity contribution >= 4 is 11.3 Å². The molecule has 1 spiro atoms. The Hall–Kier alpha value is -1.47. The minimum absolute atomic E-state index is 0.352. The molecule has 2 saturated heterocycles. The summed E-state index contributed by atoms with van der Waals surface area (Å²) in [6.45, 7) is 4.83. The molecule has 4 rings (SSSR count). The van der Waals surface area contributed by atoms with Crippen molar-refractivity contribution in [2.45, 2.75) is 31.8 Å². The topological polar surface area (TPSA) is 43.8 Å². The zero-order valence-electron chi connectivity index (χ0n) is 13.6. The van der Waals surface area contributed by atoms with Crippen LogP contribution in [0.2, 0.25) is 0 Å². The minimum atomic E-state index is -0.352. The Labute approximate surface area is 146 Å². The minimum Gasteiger partial charge on any atom is -0.487 e. The van der Waals surface area contributed by atoms with Crippen molar-refractivity contribution in [3.63, 3.8) is 0 Å². The fourth-order valence-corrected chi connectivity index (χ4v) is 3.90. The molecule has 0 unspecified atom stereocenters. The molecular weight excluding hydrogens is 324 g/mol. The second kappa shape index (κ2) is 7.19. The number of likely N-dealkylation sites (tertiary alicyclic amines) is 1. The van der Waals surface area contributed by atoms with Crippen LogP contribution in [0.3, 0.4) is 0 Å². The van der Waals surface area contributed by atoms with Crippen LogP contribution >= 0.6 is 11.3 Å².